The van der Waals surface area contributed by atoms with Crippen molar-refractivity contribution in [2.75, 3.05) is 11.1 Å². The van der Waals surface area contributed by atoms with Crippen molar-refractivity contribution >= 4 is 23.4 Å². The van der Waals surface area contributed by atoms with Crippen molar-refractivity contribution < 1.29 is 9.53 Å². The predicted molar refractivity (Wildman–Crippen MR) is 119 cm³/mol. The largest absolute Gasteiger partial charge is 0.490 e. The average molecular weight is 423 g/mol. The lowest BCUT2D eigenvalue weighted by Gasteiger charge is -2.14. The third-order valence-corrected chi connectivity index (χ3v) is 6.11. The van der Waals surface area contributed by atoms with E-state index in [0.29, 0.717) is 12.6 Å². The van der Waals surface area contributed by atoms with Gasteiger partial charge in [-0.15, -0.1) is 10.2 Å². The first-order valence-electron chi connectivity index (χ1n) is 10.3. The highest BCUT2D eigenvalue weighted by molar-refractivity contribution is 7.99. The Labute approximate surface area is 181 Å². The van der Waals surface area contributed by atoms with E-state index in [-0.39, 0.29) is 11.7 Å². The number of nitrogens with zero attached hydrogens (tertiary/aromatic N) is 3. The number of carbonyl (C=O) groups is 1. The summed E-state index contributed by atoms with van der Waals surface area (Å²) in [6.45, 7) is 2.61. The van der Waals surface area contributed by atoms with Crippen molar-refractivity contribution in [1.82, 2.24) is 14.8 Å². The van der Waals surface area contributed by atoms with Crippen molar-refractivity contribution in [1.29, 1.82) is 0 Å². The second-order valence-electron chi connectivity index (χ2n) is 7.49. The first-order chi connectivity index (χ1) is 14.7. The fraction of sp³-hybridized carbons (Fsp3) is 0.348. The molecule has 0 spiro atoms. The van der Waals surface area contributed by atoms with Gasteiger partial charge in [0.05, 0.1) is 18.4 Å². The highest BCUT2D eigenvalue weighted by atomic mass is 32.2. The predicted octanol–water partition coefficient (Wildman–Crippen LogP) is 4.69. The van der Waals surface area contributed by atoms with Gasteiger partial charge in [0.25, 0.3) is 0 Å². The van der Waals surface area contributed by atoms with Crippen LogP contribution in [0, 0.1) is 6.92 Å². The van der Waals surface area contributed by atoms with Gasteiger partial charge in [0.15, 0.2) is 5.16 Å². The number of nitrogens with one attached hydrogen (secondary N) is 1. The van der Waals surface area contributed by atoms with E-state index in [1.807, 2.05) is 54.0 Å². The highest BCUT2D eigenvalue weighted by Crippen LogP contribution is 2.26. The van der Waals surface area contributed by atoms with E-state index in [4.69, 9.17) is 4.74 Å². The summed E-state index contributed by atoms with van der Waals surface area (Å²) in [4.78, 5) is 12.5. The van der Waals surface area contributed by atoms with E-state index in [0.717, 1.165) is 35.3 Å². The summed E-state index contributed by atoms with van der Waals surface area (Å²) in [5, 5.41) is 12.1. The lowest BCUT2D eigenvalue weighted by Crippen LogP contribution is -2.15. The Balaban J connectivity index is 1.33. The number of amides is 1. The molecule has 0 aliphatic heterocycles. The smallest absolute Gasteiger partial charge is 0.234 e. The number of carbonyl (C=O) groups excluding carboxylic acids is 1. The zero-order chi connectivity index (χ0) is 20.8. The van der Waals surface area contributed by atoms with Gasteiger partial charge in [0.1, 0.15) is 11.6 Å². The van der Waals surface area contributed by atoms with Crippen molar-refractivity contribution in [2.45, 2.75) is 50.4 Å². The van der Waals surface area contributed by atoms with E-state index in [2.05, 4.69) is 27.6 Å². The number of thioether (sulfide) groups is 1. The lowest BCUT2D eigenvalue weighted by molar-refractivity contribution is -0.113. The molecule has 1 amide bonds. The Kier molecular flexibility index (Phi) is 6.69. The number of aryl methyl sites for hydroxylation is 1. The van der Waals surface area contributed by atoms with Crippen molar-refractivity contribution in [3.63, 3.8) is 0 Å². The highest BCUT2D eigenvalue weighted by Gasteiger charge is 2.17. The van der Waals surface area contributed by atoms with Crippen LogP contribution in [0.15, 0.2) is 59.8 Å². The van der Waals surface area contributed by atoms with Gasteiger partial charge in [-0.25, -0.2) is 0 Å². The lowest BCUT2D eigenvalue weighted by atomic mass is 10.2. The van der Waals surface area contributed by atoms with Crippen LogP contribution >= 0.6 is 11.8 Å². The Hall–Kier alpha value is -2.80. The van der Waals surface area contributed by atoms with E-state index in [1.54, 1.807) is 0 Å². The minimum absolute atomic E-state index is 0.0788. The second-order valence-corrected chi connectivity index (χ2v) is 8.43. The Morgan fingerprint density at radius 1 is 1.13 bits per heavy atom. The molecule has 7 heteroatoms. The summed E-state index contributed by atoms with van der Waals surface area (Å²) >= 11 is 1.39. The third-order valence-electron chi connectivity index (χ3n) is 5.14. The molecule has 1 heterocycles. The normalized spacial score (nSPS) is 14.0. The molecule has 2 aromatic carbocycles. The maximum Gasteiger partial charge on any atom is 0.234 e. The van der Waals surface area contributed by atoms with Crippen LogP contribution in [0.1, 0.15) is 37.1 Å². The fourth-order valence-corrected chi connectivity index (χ4v) is 4.37. The van der Waals surface area contributed by atoms with Gasteiger partial charge in [-0.2, -0.15) is 0 Å². The number of aromatic nitrogens is 3. The van der Waals surface area contributed by atoms with Crippen LogP contribution in [-0.2, 0) is 11.3 Å². The van der Waals surface area contributed by atoms with Gasteiger partial charge < -0.3 is 14.6 Å². The van der Waals surface area contributed by atoms with Crippen molar-refractivity contribution in [3.8, 4) is 5.75 Å². The number of hydrogen-bond acceptors (Lipinski definition) is 5. The van der Waals surface area contributed by atoms with E-state index < -0.39 is 0 Å². The molecule has 1 N–H and O–H groups in total. The van der Waals surface area contributed by atoms with Gasteiger partial charge in [-0.05, 0) is 50.3 Å². The van der Waals surface area contributed by atoms with Gasteiger partial charge in [0, 0.05) is 11.8 Å². The van der Waals surface area contributed by atoms with Gasteiger partial charge >= 0.3 is 0 Å². The van der Waals surface area contributed by atoms with Gasteiger partial charge in [-0.3, -0.25) is 4.79 Å². The molecule has 0 unspecified atom stereocenters. The van der Waals surface area contributed by atoms with Crippen LogP contribution in [0.25, 0.3) is 0 Å². The number of benzene rings is 2. The SMILES string of the molecule is Cc1nnc(SCC(=O)Nc2cccc(OC3CCCC3)c2)n1Cc1ccccc1. The quantitative estimate of drug-likeness (QED) is 0.534. The van der Waals surface area contributed by atoms with Crippen LogP contribution in [0.2, 0.25) is 0 Å². The molecule has 1 aliphatic carbocycles. The van der Waals surface area contributed by atoms with E-state index in [9.17, 15) is 4.79 Å². The van der Waals surface area contributed by atoms with Crippen molar-refractivity contribution in [3.05, 3.63) is 66.0 Å². The van der Waals surface area contributed by atoms with Crippen LogP contribution in [-0.4, -0.2) is 32.5 Å². The van der Waals surface area contributed by atoms with Crippen LogP contribution in [0.4, 0.5) is 5.69 Å². The molecule has 0 saturated heterocycles. The summed E-state index contributed by atoms with van der Waals surface area (Å²) in [5.74, 6) is 1.83. The first-order valence-corrected chi connectivity index (χ1v) is 11.3. The minimum Gasteiger partial charge on any atom is -0.490 e. The van der Waals surface area contributed by atoms with Gasteiger partial charge in [-0.1, -0.05) is 48.2 Å². The molecule has 0 bridgehead atoms. The van der Waals surface area contributed by atoms with Crippen molar-refractivity contribution in [2.24, 2.45) is 0 Å². The zero-order valence-corrected chi connectivity index (χ0v) is 17.9. The Morgan fingerprint density at radius 2 is 1.93 bits per heavy atom. The number of hydrogen-bond donors (Lipinski definition) is 1. The maximum absolute atomic E-state index is 12.5. The topological polar surface area (TPSA) is 69.0 Å². The Bertz CT molecular complexity index is 984. The zero-order valence-electron chi connectivity index (χ0n) is 17.1. The van der Waals surface area contributed by atoms with E-state index in [1.165, 1.54) is 30.2 Å². The molecule has 156 valence electrons. The molecule has 3 aromatic rings. The number of rotatable bonds is 8. The Morgan fingerprint density at radius 3 is 2.73 bits per heavy atom. The van der Waals surface area contributed by atoms with Gasteiger partial charge in [0.2, 0.25) is 5.91 Å². The molecule has 0 radical (unpaired) electrons. The molecule has 1 fully saturated rings. The standard InChI is InChI=1S/C23H26N4O2S/c1-17-25-26-23(27(17)15-18-8-3-2-4-9-18)30-16-22(28)24-19-10-7-13-21(14-19)29-20-11-5-6-12-20/h2-4,7-10,13-14,20H,5-6,11-12,15-16H2,1H3,(H,24,28). The van der Waals surface area contributed by atoms with Crippen LogP contribution < -0.4 is 10.1 Å². The number of anilines is 1. The maximum atomic E-state index is 12.5. The first kappa shape index (κ1) is 20.5. The molecule has 1 saturated carbocycles. The third kappa shape index (κ3) is 5.42. The van der Waals surface area contributed by atoms with Crippen LogP contribution in [0.3, 0.4) is 0 Å². The summed E-state index contributed by atoms with van der Waals surface area (Å²) in [5.41, 5.74) is 1.92. The minimum atomic E-state index is -0.0788. The molecular weight excluding hydrogens is 396 g/mol. The second kappa shape index (κ2) is 9.80. The van der Waals surface area contributed by atoms with Crippen LogP contribution in [0.5, 0.6) is 5.75 Å². The average Bonchev–Trinajstić information content (AvgIpc) is 3.38. The summed E-state index contributed by atoms with van der Waals surface area (Å²) in [7, 11) is 0. The molecule has 0 atom stereocenters. The molecular formula is C23H26N4O2S. The molecule has 6 nitrogen and oxygen atoms in total. The molecule has 30 heavy (non-hydrogen) atoms. The molecule has 1 aliphatic rings. The number of ether oxygens (including phenoxy) is 1. The fourth-order valence-electron chi connectivity index (χ4n) is 3.59. The summed E-state index contributed by atoms with van der Waals surface area (Å²) in [6, 6.07) is 17.8. The summed E-state index contributed by atoms with van der Waals surface area (Å²) < 4.78 is 8.05. The monoisotopic (exact) mass is 422 g/mol. The molecule has 1 aromatic heterocycles. The molecule has 4 rings (SSSR count). The summed E-state index contributed by atoms with van der Waals surface area (Å²) in [6.07, 6.45) is 4.97. The van der Waals surface area contributed by atoms with E-state index >= 15 is 0 Å².